The highest BCUT2D eigenvalue weighted by Gasteiger charge is 2.27. The summed E-state index contributed by atoms with van der Waals surface area (Å²) in [5.41, 5.74) is 0.872. The number of nitrogens with zero attached hydrogens (tertiary/aromatic N) is 3. The van der Waals surface area contributed by atoms with E-state index in [9.17, 15) is 9.90 Å². The van der Waals surface area contributed by atoms with Crippen LogP contribution in [0.2, 0.25) is 0 Å². The molecule has 1 aliphatic heterocycles. The second-order valence-electron chi connectivity index (χ2n) is 4.87. The summed E-state index contributed by atoms with van der Waals surface area (Å²) in [6, 6.07) is 5.47. The largest absolute Gasteiger partial charge is 0.476 e. The number of hydrogen-bond donors (Lipinski definition) is 1. The zero-order chi connectivity index (χ0) is 14.1. The highest BCUT2D eigenvalue weighted by Crippen LogP contribution is 2.24. The summed E-state index contributed by atoms with van der Waals surface area (Å²) in [5, 5.41) is 9.49. The first-order chi connectivity index (χ1) is 9.70. The van der Waals surface area contributed by atoms with Gasteiger partial charge in [-0.15, -0.1) is 0 Å². The molecule has 0 amide bonds. The fraction of sp³-hybridized carbons (Fsp3) is 0.429. The van der Waals surface area contributed by atoms with Crippen LogP contribution in [0.25, 0.3) is 5.65 Å². The van der Waals surface area contributed by atoms with Crippen LogP contribution in [0, 0.1) is 0 Å². The number of imidazole rings is 1. The highest BCUT2D eigenvalue weighted by molar-refractivity contribution is 5.93. The van der Waals surface area contributed by atoms with Crippen LogP contribution in [0.1, 0.15) is 23.8 Å². The average molecular weight is 275 g/mol. The molecular weight excluding hydrogens is 258 g/mol. The zero-order valence-corrected chi connectivity index (χ0v) is 11.3. The first-order valence-electron chi connectivity index (χ1n) is 6.77. The van der Waals surface area contributed by atoms with Gasteiger partial charge in [0.05, 0.1) is 12.7 Å². The van der Waals surface area contributed by atoms with E-state index in [0.29, 0.717) is 31.2 Å². The number of aromatic carboxylic acids is 1. The lowest BCUT2D eigenvalue weighted by molar-refractivity contribution is 0.0379. The van der Waals surface area contributed by atoms with Gasteiger partial charge in [0.15, 0.2) is 11.5 Å². The van der Waals surface area contributed by atoms with Crippen molar-refractivity contribution in [2.45, 2.75) is 19.4 Å². The topological polar surface area (TPSA) is 67.1 Å². The summed E-state index contributed by atoms with van der Waals surface area (Å²) in [7, 11) is 0. The number of morpholine rings is 1. The van der Waals surface area contributed by atoms with Crippen LogP contribution in [0.3, 0.4) is 0 Å². The number of carboxylic acid groups (broad SMARTS) is 1. The fourth-order valence-electron chi connectivity index (χ4n) is 2.56. The van der Waals surface area contributed by atoms with Crippen LogP contribution >= 0.6 is 0 Å². The van der Waals surface area contributed by atoms with Gasteiger partial charge in [0.25, 0.3) is 0 Å². The molecule has 0 aliphatic carbocycles. The molecular formula is C14H17N3O3. The maximum absolute atomic E-state index is 11.6. The molecule has 2 aromatic heterocycles. The Balaban J connectivity index is 2.06. The van der Waals surface area contributed by atoms with Crippen molar-refractivity contribution in [2.24, 2.45) is 0 Å². The van der Waals surface area contributed by atoms with Gasteiger partial charge < -0.3 is 14.7 Å². The van der Waals surface area contributed by atoms with Crippen LogP contribution in [0.5, 0.6) is 0 Å². The Labute approximate surface area is 116 Å². The van der Waals surface area contributed by atoms with E-state index in [1.165, 1.54) is 0 Å². The molecule has 3 rings (SSSR count). The van der Waals surface area contributed by atoms with Crippen molar-refractivity contribution in [3.8, 4) is 0 Å². The number of carbonyl (C=O) groups is 1. The number of anilines is 1. The highest BCUT2D eigenvalue weighted by atomic mass is 16.5. The second-order valence-corrected chi connectivity index (χ2v) is 4.87. The summed E-state index contributed by atoms with van der Waals surface area (Å²) in [6.07, 6.45) is 2.77. The molecule has 0 aromatic carbocycles. The molecule has 20 heavy (non-hydrogen) atoms. The molecule has 0 bridgehead atoms. The smallest absolute Gasteiger partial charge is 0.356 e. The van der Waals surface area contributed by atoms with Crippen molar-refractivity contribution in [2.75, 3.05) is 24.6 Å². The van der Waals surface area contributed by atoms with Crippen molar-refractivity contribution in [3.05, 3.63) is 30.1 Å². The Kier molecular flexibility index (Phi) is 3.31. The van der Waals surface area contributed by atoms with Crippen molar-refractivity contribution in [3.63, 3.8) is 0 Å². The summed E-state index contributed by atoms with van der Waals surface area (Å²) in [4.78, 5) is 18.1. The minimum atomic E-state index is -0.960. The van der Waals surface area contributed by atoms with Gasteiger partial charge in [-0.1, -0.05) is 13.0 Å². The third kappa shape index (κ3) is 2.12. The Morgan fingerprint density at radius 3 is 3.15 bits per heavy atom. The van der Waals surface area contributed by atoms with Crippen LogP contribution in [-0.4, -0.2) is 46.3 Å². The van der Waals surface area contributed by atoms with Gasteiger partial charge in [0.2, 0.25) is 0 Å². The quantitative estimate of drug-likeness (QED) is 0.922. The molecule has 6 nitrogen and oxygen atoms in total. The molecule has 0 saturated carbocycles. The minimum absolute atomic E-state index is 0.134. The lowest BCUT2D eigenvalue weighted by atomic mass is 10.2. The van der Waals surface area contributed by atoms with Crippen LogP contribution in [0.4, 0.5) is 5.82 Å². The van der Waals surface area contributed by atoms with E-state index in [-0.39, 0.29) is 11.8 Å². The fourth-order valence-corrected chi connectivity index (χ4v) is 2.56. The van der Waals surface area contributed by atoms with E-state index < -0.39 is 5.97 Å². The van der Waals surface area contributed by atoms with E-state index >= 15 is 0 Å². The third-order valence-electron chi connectivity index (χ3n) is 3.61. The number of rotatable bonds is 3. The second kappa shape index (κ2) is 5.13. The maximum Gasteiger partial charge on any atom is 0.356 e. The normalized spacial score (nSPS) is 19.4. The molecule has 0 spiro atoms. The van der Waals surface area contributed by atoms with Crippen molar-refractivity contribution < 1.29 is 14.6 Å². The van der Waals surface area contributed by atoms with E-state index in [1.54, 1.807) is 16.7 Å². The Morgan fingerprint density at radius 1 is 1.55 bits per heavy atom. The monoisotopic (exact) mass is 275 g/mol. The number of carboxylic acids is 1. The molecule has 1 aliphatic rings. The van der Waals surface area contributed by atoms with E-state index in [4.69, 9.17) is 4.74 Å². The lowest BCUT2D eigenvalue weighted by Gasteiger charge is -2.32. The number of hydrogen-bond acceptors (Lipinski definition) is 4. The number of ether oxygens (including phenoxy) is 1. The summed E-state index contributed by atoms with van der Waals surface area (Å²) in [6.45, 7) is 4.02. The third-order valence-corrected chi connectivity index (χ3v) is 3.61. The molecule has 6 heteroatoms. The van der Waals surface area contributed by atoms with Crippen molar-refractivity contribution in [1.82, 2.24) is 9.38 Å². The molecule has 1 N–H and O–H groups in total. The molecule has 1 saturated heterocycles. The molecule has 2 aromatic rings. The van der Waals surface area contributed by atoms with Gasteiger partial charge in [-0.25, -0.2) is 9.78 Å². The van der Waals surface area contributed by atoms with Crippen LogP contribution < -0.4 is 4.90 Å². The first-order valence-corrected chi connectivity index (χ1v) is 6.77. The standard InChI is InChI=1S/C14H17N3O3/c1-2-10-9-16(7-8-20-10)13-12(14(18)19)17-6-4-3-5-11(17)15-13/h3-6,10H,2,7-9H2,1H3,(H,18,19). The van der Waals surface area contributed by atoms with E-state index in [2.05, 4.69) is 11.9 Å². The minimum Gasteiger partial charge on any atom is -0.476 e. The SMILES string of the molecule is CCC1CN(c2nc3ccccn3c2C(=O)O)CCO1. The van der Waals surface area contributed by atoms with Crippen LogP contribution in [-0.2, 0) is 4.74 Å². The van der Waals surface area contributed by atoms with E-state index in [0.717, 1.165) is 6.42 Å². The molecule has 106 valence electrons. The van der Waals surface area contributed by atoms with Crippen LogP contribution in [0.15, 0.2) is 24.4 Å². The number of aromatic nitrogens is 2. The van der Waals surface area contributed by atoms with Gasteiger partial charge in [0, 0.05) is 19.3 Å². The molecule has 1 unspecified atom stereocenters. The number of pyridine rings is 1. The number of fused-ring (bicyclic) bond motifs is 1. The van der Waals surface area contributed by atoms with E-state index in [1.807, 2.05) is 17.0 Å². The first kappa shape index (κ1) is 12.9. The predicted molar refractivity (Wildman–Crippen MR) is 74.4 cm³/mol. The Morgan fingerprint density at radius 2 is 2.40 bits per heavy atom. The average Bonchev–Trinajstić information content (AvgIpc) is 2.87. The van der Waals surface area contributed by atoms with Gasteiger partial charge in [-0.3, -0.25) is 4.40 Å². The maximum atomic E-state index is 11.6. The summed E-state index contributed by atoms with van der Waals surface area (Å²) >= 11 is 0. The Bertz CT molecular complexity index is 638. The molecule has 0 radical (unpaired) electrons. The zero-order valence-electron chi connectivity index (χ0n) is 11.3. The van der Waals surface area contributed by atoms with Gasteiger partial charge in [-0.2, -0.15) is 0 Å². The predicted octanol–water partition coefficient (Wildman–Crippen LogP) is 1.65. The Hall–Kier alpha value is -2.08. The molecule has 1 fully saturated rings. The van der Waals surface area contributed by atoms with Gasteiger partial charge >= 0.3 is 5.97 Å². The van der Waals surface area contributed by atoms with Crippen molar-refractivity contribution >= 4 is 17.4 Å². The van der Waals surface area contributed by atoms with Crippen molar-refractivity contribution in [1.29, 1.82) is 0 Å². The molecule has 3 heterocycles. The summed E-state index contributed by atoms with van der Waals surface area (Å²) < 4.78 is 7.25. The van der Waals surface area contributed by atoms with Gasteiger partial charge in [-0.05, 0) is 18.6 Å². The lowest BCUT2D eigenvalue weighted by Crippen LogP contribution is -2.43. The van der Waals surface area contributed by atoms with Gasteiger partial charge in [0.1, 0.15) is 5.65 Å². The summed E-state index contributed by atoms with van der Waals surface area (Å²) in [5.74, 6) is -0.427. The molecule has 1 atom stereocenters.